The zero-order valence-electron chi connectivity index (χ0n) is 16.4. The molecule has 1 fully saturated rings. The Labute approximate surface area is 161 Å². The van der Waals surface area contributed by atoms with Crippen LogP contribution in [0.25, 0.3) is 11.0 Å². The molecule has 0 saturated carbocycles. The largest absolute Gasteiger partial charge is 0.493 e. The van der Waals surface area contributed by atoms with Gasteiger partial charge in [0.2, 0.25) is 0 Å². The van der Waals surface area contributed by atoms with Crippen LogP contribution in [-0.4, -0.2) is 31.6 Å². The molecule has 1 saturated heterocycles. The predicted octanol–water partition coefficient (Wildman–Crippen LogP) is 4.71. The number of fused-ring (bicyclic) bond motifs is 1. The number of piperazine rings is 1. The van der Waals surface area contributed by atoms with E-state index in [-0.39, 0.29) is 0 Å². The maximum absolute atomic E-state index is 5.55. The summed E-state index contributed by atoms with van der Waals surface area (Å²) in [5.41, 5.74) is 4.96. The van der Waals surface area contributed by atoms with Gasteiger partial charge in [0.15, 0.2) is 11.3 Å². The van der Waals surface area contributed by atoms with E-state index in [4.69, 9.17) is 9.15 Å². The molecule has 27 heavy (non-hydrogen) atoms. The van der Waals surface area contributed by atoms with Crippen LogP contribution >= 0.6 is 0 Å². The van der Waals surface area contributed by atoms with Gasteiger partial charge in [-0.15, -0.1) is 0 Å². The van der Waals surface area contributed by atoms with E-state index in [1.54, 1.807) is 13.4 Å². The highest BCUT2D eigenvalue weighted by Gasteiger charge is 2.23. The molecule has 2 aromatic carbocycles. The van der Waals surface area contributed by atoms with Crippen molar-refractivity contribution in [2.24, 2.45) is 0 Å². The normalized spacial score (nSPS) is 18.3. The molecule has 4 rings (SSSR count). The van der Waals surface area contributed by atoms with Crippen LogP contribution < -0.4 is 10.1 Å². The number of nitrogens with one attached hydrogen (secondary N) is 1. The summed E-state index contributed by atoms with van der Waals surface area (Å²) in [6, 6.07) is 15.5. The van der Waals surface area contributed by atoms with Crippen molar-refractivity contribution < 1.29 is 9.15 Å². The van der Waals surface area contributed by atoms with Crippen molar-refractivity contribution in [3.05, 3.63) is 65.4 Å². The first kappa shape index (κ1) is 18.1. The van der Waals surface area contributed by atoms with E-state index >= 15 is 0 Å². The van der Waals surface area contributed by atoms with E-state index in [0.29, 0.717) is 12.0 Å². The summed E-state index contributed by atoms with van der Waals surface area (Å²) in [4.78, 5) is 2.53. The lowest BCUT2D eigenvalue weighted by Gasteiger charge is -2.35. The molecule has 1 atom stereocenters. The number of ether oxygens (including phenoxy) is 1. The van der Waals surface area contributed by atoms with Crippen LogP contribution in [-0.2, 0) is 6.54 Å². The average molecular weight is 364 g/mol. The zero-order valence-corrected chi connectivity index (χ0v) is 16.4. The summed E-state index contributed by atoms with van der Waals surface area (Å²) in [7, 11) is 1.70. The fraction of sp³-hybridized carbons (Fsp3) is 0.391. The molecular formula is C23H28N2O2. The van der Waals surface area contributed by atoms with E-state index in [9.17, 15) is 0 Å². The number of methoxy groups -OCH3 is 1. The second kappa shape index (κ2) is 7.75. The van der Waals surface area contributed by atoms with Gasteiger partial charge in [-0.3, -0.25) is 4.90 Å². The summed E-state index contributed by atoms with van der Waals surface area (Å²) in [6.45, 7) is 8.51. The fourth-order valence-corrected chi connectivity index (χ4v) is 4.13. The summed E-state index contributed by atoms with van der Waals surface area (Å²) in [5, 5.41) is 4.81. The van der Waals surface area contributed by atoms with E-state index in [1.165, 1.54) is 16.7 Å². The quantitative estimate of drug-likeness (QED) is 0.711. The molecule has 1 N–H and O–H groups in total. The second-order valence-electron chi connectivity index (χ2n) is 7.66. The van der Waals surface area contributed by atoms with Crippen molar-refractivity contribution in [3.8, 4) is 5.75 Å². The molecule has 0 spiro atoms. The number of benzene rings is 2. The lowest BCUT2D eigenvalue weighted by atomic mass is 9.92. The molecule has 1 aliphatic rings. The first-order chi connectivity index (χ1) is 13.2. The van der Waals surface area contributed by atoms with Crippen molar-refractivity contribution in [2.75, 3.05) is 26.7 Å². The molecule has 4 nitrogen and oxygen atoms in total. The van der Waals surface area contributed by atoms with Gasteiger partial charge in [-0.05, 0) is 40.8 Å². The van der Waals surface area contributed by atoms with Gasteiger partial charge in [-0.25, -0.2) is 0 Å². The molecule has 1 unspecified atom stereocenters. The van der Waals surface area contributed by atoms with Crippen molar-refractivity contribution in [2.45, 2.75) is 32.4 Å². The van der Waals surface area contributed by atoms with Crippen LogP contribution in [0.4, 0.5) is 0 Å². The van der Waals surface area contributed by atoms with Crippen molar-refractivity contribution >= 4 is 11.0 Å². The molecule has 3 aromatic rings. The minimum absolute atomic E-state index is 0.372. The summed E-state index contributed by atoms with van der Waals surface area (Å²) < 4.78 is 11.1. The number of rotatable bonds is 5. The molecule has 2 heterocycles. The highest BCUT2D eigenvalue weighted by Crippen LogP contribution is 2.30. The summed E-state index contributed by atoms with van der Waals surface area (Å²) in [6.07, 6.45) is 1.72. The second-order valence-corrected chi connectivity index (χ2v) is 7.66. The Kier molecular flexibility index (Phi) is 5.19. The van der Waals surface area contributed by atoms with Crippen LogP contribution in [0.2, 0.25) is 0 Å². The Balaban J connectivity index is 1.54. The number of furan rings is 1. The fourth-order valence-electron chi connectivity index (χ4n) is 4.13. The first-order valence-electron chi connectivity index (χ1n) is 9.74. The van der Waals surface area contributed by atoms with Crippen LogP contribution in [0.5, 0.6) is 5.75 Å². The minimum atomic E-state index is 0.372. The zero-order chi connectivity index (χ0) is 18.8. The van der Waals surface area contributed by atoms with Crippen LogP contribution in [0.3, 0.4) is 0 Å². The summed E-state index contributed by atoms with van der Waals surface area (Å²) >= 11 is 0. The molecule has 1 aliphatic heterocycles. The molecule has 0 amide bonds. The van der Waals surface area contributed by atoms with Crippen LogP contribution in [0, 0.1) is 0 Å². The molecule has 1 aromatic heterocycles. The SMILES string of the molecule is COc1cc(CN2CCNC(c3ccccc3C(C)C)C2)cc2ccoc12. The average Bonchev–Trinajstić information content (AvgIpc) is 3.16. The Morgan fingerprint density at radius 1 is 1.22 bits per heavy atom. The maximum Gasteiger partial charge on any atom is 0.175 e. The van der Waals surface area contributed by atoms with E-state index in [2.05, 4.69) is 60.5 Å². The Bertz CT molecular complexity index is 916. The molecule has 142 valence electrons. The Hall–Kier alpha value is -2.30. The summed E-state index contributed by atoms with van der Waals surface area (Å²) in [5.74, 6) is 1.34. The molecule has 4 heteroatoms. The van der Waals surface area contributed by atoms with Gasteiger partial charge in [0.25, 0.3) is 0 Å². The van der Waals surface area contributed by atoms with E-state index in [0.717, 1.165) is 42.9 Å². The van der Waals surface area contributed by atoms with Gasteiger partial charge in [0, 0.05) is 37.6 Å². The number of nitrogens with zero attached hydrogens (tertiary/aromatic N) is 1. The predicted molar refractivity (Wildman–Crippen MR) is 109 cm³/mol. The van der Waals surface area contributed by atoms with E-state index < -0.39 is 0 Å². The molecule has 0 bridgehead atoms. The van der Waals surface area contributed by atoms with Crippen molar-refractivity contribution in [1.82, 2.24) is 10.2 Å². The third kappa shape index (κ3) is 3.73. The first-order valence-corrected chi connectivity index (χ1v) is 9.74. The highest BCUT2D eigenvalue weighted by atomic mass is 16.5. The van der Waals surface area contributed by atoms with Crippen LogP contribution in [0.1, 0.15) is 42.5 Å². The van der Waals surface area contributed by atoms with Gasteiger partial charge >= 0.3 is 0 Å². The van der Waals surface area contributed by atoms with Gasteiger partial charge < -0.3 is 14.5 Å². The smallest absolute Gasteiger partial charge is 0.175 e. The van der Waals surface area contributed by atoms with Crippen molar-refractivity contribution in [1.29, 1.82) is 0 Å². The topological polar surface area (TPSA) is 37.6 Å². The Morgan fingerprint density at radius 3 is 2.89 bits per heavy atom. The van der Waals surface area contributed by atoms with Gasteiger partial charge in [0.1, 0.15) is 0 Å². The minimum Gasteiger partial charge on any atom is -0.493 e. The van der Waals surface area contributed by atoms with Gasteiger partial charge in [-0.2, -0.15) is 0 Å². The molecular weight excluding hydrogens is 336 g/mol. The van der Waals surface area contributed by atoms with Crippen molar-refractivity contribution in [3.63, 3.8) is 0 Å². The van der Waals surface area contributed by atoms with E-state index in [1.807, 2.05) is 6.07 Å². The Morgan fingerprint density at radius 2 is 2.07 bits per heavy atom. The van der Waals surface area contributed by atoms with Gasteiger partial charge in [-0.1, -0.05) is 38.1 Å². The third-order valence-corrected chi connectivity index (χ3v) is 5.46. The number of hydrogen-bond donors (Lipinski definition) is 1. The highest BCUT2D eigenvalue weighted by molar-refractivity contribution is 5.83. The molecule has 0 radical (unpaired) electrons. The maximum atomic E-state index is 5.55. The standard InChI is InChI=1S/C23H28N2O2/c1-16(2)19-6-4-5-7-20(19)21-15-25(10-9-24-21)14-17-12-18-8-11-27-23(18)22(13-17)26-3/h4-8,11-13,16,21,24H,9-10,14-15H2,1-3H3. The monoisotopic (exact) mass is 364 g/mol. The van der Waals surface area contributed by atoms with Crippen LogP contribution in [0.15, 0.2) is 53.1 Å². The molecule has 0 aliphatic carbocycles. The van der Waals surface area contributed by atoms with Gasteiger partial charge in [0.05, 0.1) is 13.4 Å². The number of hydrogen-bond acceptors (Lipinski definition) is 4. The lowest BCUT2D eigenvalue weighted by molar-refractivity contribution is 0.192. The lowest BCUT2D eigenvalue weighted by Crippen LogP contribution is -2.45. The third-order valence-electron chi connectivity index (χ3n) is 5.46.